The van der Waals surface area contributed by atoms with E-state index < -0.39 is 0 Å². The van der Waals surface area contributed by atoms with Crippen LogP contribution in [0.25, 0.3) is 0 Å². The van der Waals surface area contributed by atoms with Crippen molar-refractivity contribution in [2.75, 3.05) is 12.3 Å². The van der Waals surface area contributed by atoms with Gasteiger partial charge in [0.05, 0.1) is 5.69 Å². The van der Waals surface area contributed by atoms with Crippen LogP contribution in [0, 0.1) is 6.92 Å². The van der Waals surface area contributed by atoms with Gasteiger partial charge < -0.3 is 16.0 Å². The van der Waals surface area contributed by atoms with Crippen molar-refractivity contribution in [3.63, 3.8) is 0 Å². The fourth-order valence-electron chi connectivity index (χ4n) is 1.86. The highest BCUT2D eigenvalue weighted by atomic mass is 32.2. The zero-order valence-electron chi connectivity index (χ0n) is 11.7. The van der Waals surface area contributed by atoms with Gasteiger partial charge in [-0.1, -0.05) is 6.92 Å². The van der Waals surface area contributed by atoms with Crippen molar-refractivity contribution in [2.45, 2.75) is 30.6 Å². The maximum absolute atomic E-state index is 11.4. The Hall–Kier alpha value is -1.80. The van der Waals surface area contributed by atoms with E-state index in [1.807, 2.05) is 14.0 Å². The van der Waals surface area contributed by atoms with Gasteiger partial charge in [0.25, 0.3) is 5.56 Å². The quantitative estimate of drug-likeness (QED) is 0.700. The Labute approximate surface area is 121 Å². The first-order chi connectivity index (χ1) is 9.51. The van der Waals surface area contributed by atoms with Gasteiger partial charge in [-0.05, 0) is 25.2 Å². The first-order valence-corrected chi connectivity index (χ1v) is 7.10. The van der Waals surface area contributed by atoms with Crippen LogP contribution in [0.2, 0.25) is 0 Å². The Kier molecular flexibility index (Phi) is 4.46. The Bertz CT molecular complexity index is 662. The molecule has 0 saturated heterocycles. The number of H-pyrrole nitrogens is 1. The molecule has 0 aromatic carbocycles. The van der Waals surface area contributed by atoms with Gasteiger partial charge in [-0.3, -0.25) is 9.48 Å². The fourth-order valence-corrected chi connectivity index (χ4v) is 2.86. The summed E-state index contributed by atoms with van der Waals surface area (Å²) in [5.41, 5.74) is 7.40. The summed E-state index contributed by atoms with van der Waals surface area (Å²) in [6.07, 6.45) is 0. The molecule has 0 bridgehead atoms. The molecule has 0 fully saturated rings. The Balaban J connectivity index is 2.34. The van der Waals surface area contributed by atoms with Gasteiger partial charge >= 0.3 is 0 Å². The van der Waals surface area contributed by atoms with Crippen molar-refractivity contribution in [3.8, 4) is 0 Å². The summed E-state index contributed by atoms with van der Waals surface area (Å²) in [6, 6.07) is 1.26. The van der Waals surface area contributed by atoms with Crippen LogP contribution in [-0.2, 0) is 13.6 Å². The Morgan fingerprint density at radius 1 is 1.55 bits per heavy atom. The average Bonchev–Trinajstić information content (AvgIpc) is 2.61. The Morgan fingerprint density at radius 3 is 2.95 bits per heavy atom. The fraction of sp³-hybridized carbons (Fsp3) is 0.417. The number of aryl methyl sites for hydroxylation is 2. The van der Waals surface area contributed by atoms with Gasteiger partial charge in [0, 0.05) is 25.2 Å². The summed E-state index contributed by atoms with van der Waals surface area (Å²) in [7, 11) is 1.87. The lowest BCUT2D eigenvalue weighted by Gasteiger charge is -2.06. The molecular weight excluding hydrogens is 276 g/mol. The molecule has 0 unspecified atom stereocenters. The largest absolute Gasteiger partial charge is 0.383 e. The molecule has 0 aliphatic carbocycles. The molecule has 0 saturated carbocycles. The van der Waals surface area contributed by atoms with Crippen molar-refractivity contribution in [1.29, 1.82) is 0 Å². The maximum Gasteiger partial charge on any atom is 0.253 e. The standard InChI is InChI=1S/C12H18N6OS/c1-4-14-6-8-7(2)17-18(3)11(8)20-12-15-9(13)5-10(19)16-12/h5,14H,4,6H2,1-3H3,(H3,13,15,16,19). The monoisotopic (exact) mass is 294 g/mol. The summed E-state index contributed by atoms with van der Waals surface area (Å²) < 4.78 is 1.79. The lowest BCUT2D eigenvalue weighted by molar-refractivity contribution is 0.672. The molecule has 7 nitrogen and oxygen atoms in total. The van der Waals surface area contributed by atoms with Crippen LogP contribution < -0.4 is 16.6 Å². The number of aromatic nitrogens is 4. The number of nitrogens with zero attached hydrogens (tertiary/aromatic N) is 3. The smallest absolute Gasteiger partial charge is 0.253 e. The van der Waals surface area contributed by atoms with Crippen LogP contribution in [0.3, 0.4) is 0 Å². The third-order valence-corrected chi connectivity index (χ3v) is 3.86. The molecule has 2 aromatic rings. The van der Waals surface area contributed by atoms with Crippen LogP contribution >= 0.6 is 11.8 Å². The molecule has 0 spiro atoms. The van der Waals surface area contributed by atoms with Gasteiger partial charge in [-0.2, -0.15) is 5.10 Å². The van der Waals surface area contributed by atoms with Gasteiger partial charge in [-0.25, -0.2) is 4.98 Å². The number of hydrogen-bond acceptors (Lipinski definition) is 6. The van der Waals surface area contributed by atoms with E-state index in [0.717, 1.165) is 29.4 Å². The van der Waals surface area contributed by atoms with Crippen molar-refractivity contribution >= 4 is 17.6 Å². The normalized spacial score (nSPS) is 10.9. The molecule has 108 valence electrons. The highest BCUT2D eigenvalue weighted by Crippen LogP contribution is 2.29. The maximum atomic E-state index is 11.4. The molecule has 2 heterocycles. The van der Waals surface area contributed by atoms with Crippen LogP contribution in [0.15, 0.2) is 21.0 Å². The lowest BCUT2D eigenvalue weighted by Crippen LogP contribution is -2.13. The number of rotatable bonds is 5. The lowest BCUT2D eigenvalue weighted by atomic mass is 10.2. The molecule has 0 aliphatic heterocycles. The highest BCUT2D eigenvalue weighted by molar-refractivity contribution is 7.99. The topological polar surface area (TPSA) is 102 Å². The van der Waals surface area contributed by atoms with Gasteiger partial charge in [-0.15, -0.1) is 0 Å². The molecule has 2 aromatic heterocycles. The summed E-state index contributed by atoms with van der Waals surface area (Å²) in [5, 5.41) is 9.10. The summed E-state index contributed by atoms with van der Waals surface area (Å²) >= 11 is 1.35. The van der Waals surface area contributed by atoms with Gasteiger partial charge in [0.15, 0.2) is 5.16 Å². The van der Waals surface area contributed by atoms with E-state index in [4.69, 9.17) is 5.73 Å². The minimum Gasteiger partial charge on any atom is -0.383 e. The third-order valence-electron chi connectivity index (χ3n) is 2.77. The van der Waals surface area contributed by atoms with E-state index in [9.17, 15) is 4.79 Å². The van der Waals surface area contributed by atoms with Crippen LogP contribution in [0.5, 0.6) is 0 Å². The van der Waals surface area contributed by atoms with E-state index in [-0.39, 0.29) is 11.4 Å². The zero-order chi connectivity index (χ0) is 14.7. The minimum absolute atomic E-state index is 0.211. The summed E-state index contributed by atoms with van der Waals surface area (Å²) in [6.45, 7) is 5.62. The molecule has 20 heavy (non-hydrogen) atoms. The predicted molar refractivity (Wildman–Crippen MR) is 78.7 cm³/mol. The van der Waals surface area contributed by atoms with E-state index in [1.54, 1.807) is 4.68 Å². The number of aromatic amines is 1. The second-order valence-electron chi connectivity index (χ2n) is 4.35. The minimum atomic E-state index is -0.257. The van der Waals surface area contributed by atoms with E-state index in [1.165, 1.54) is 17.8 Å². The zero-order valence-corrected chi connectivity index (χ0v) is 12.5. The molecule has 0 amide bonds. The molecular formula is C12H18N6OS. The third kappa shape index (κ3) is 3.20. The number of nitrogens with one attached hydrogen (secondary N) is 2. The second kappa shape index (κ2) is 6.10. The summed E-state index contributed by atoms with van der Waals surface area (Å²) in [5.74, 6) is 0.211. The Morgan fingerprint density at radius 2 is 2.30 bits per heavy atom. The first kappa shape index (κ1) is 14.6. The molecule has 4 N–H and O–H groups in total. The average molecular weight is 294 g/mol. The molecule has 2 rings (SSSR count). The SMILES string of the molecule is CCNCc1c(C)nn(C)c1Sc1nc(N)cc(=O)[nH]1. The number of hydrogen-bond donors (Lipinski definition) is 3. The second-order valence-corrected chi connectivity index (χ2v) is 5.33. The highest BCUT2D eigenvalue weighted by Gasteiger charge is 2.15. The van der Waals surface area contributed by atoms with E-state index >= 15 is 0 Å². The van der Waals surface area contributed by atoms with Crippen LogP contribution in [0.1, 0.15) is 18.2 Å². The van der Waals surface area contributed by atoms with Crippen molar-refractivity contribution < 1.29 is 0 Å². The first-order valence-electron chi connectivity index (χ1n) is 6.29. The predicted octanol–water partition coefficient (Wildman–Crippen LogP) is 0.655. The van der Waals surface area contributed by atoms with Crippen molar-refractivity contribution in [2.24, 2.45) is 7.05 Å². The van der Waals surface area contributed by atoms with Crippen LogP contribution in [0.4, 0.5) is 5.82 Å². The number of nitrogen functional groups attached to an aromatic ring is 1. The van der Waals surface area contributed by atoms with Crippen LogP contribution in [-0.4, -0.2) is 26.3 Å². The molecule has 0 radical (unpaired) electrons. The van der Waals surface area contributed by atoms with E-state index in [0.29, 0.717) is 5.16 Å². The van der Waals surface area contributed by atoms with Crippen molar-refractivity contribution in [3.05, 3.63) is 27.7 Å². The van der Waals surface area contributed by atoms with Gasteiger partial charge in [0.2, 0.25) is 0 Å². The van der Waals surface area contributed by atoms with Crippen molar-refractivity contribution in [1.82, 2.24) is 25.1 Å². The van der Waals surface area contributed by atoms with E-state index in [2.05, 4.69) is 27.3 Å². The summed E-state index contributed by atoms with van der Waals surface area (Å²) in [4.78, 5) is 18.2. The number of anilines is 1. The molecule has 0 atom stereocenters. The molecule has 0 aliphatic rings. The molecule has 8 heteroatoms. The van der Waals surface area contributed by atoms with Gasteiger partial charge in [0.1, 0.15) is 10.8 Å². The number of nitrogens with two attached hydrogens (primary N) is 1.